The van der Waals surface area contributed by atoms with Gasteiger partial charge in [-0.3, -0.25) is 4.79 Å². The molecule has 1 atom stereocenters. The molecule has 0 saturated heterocycles. The zero-order valence-electron chi connectivity index (χ0n) is 11.7. The van der Waals surface area contributed by atoms with E-state index in [-0.39, 0.29) is 6.04 Å². The summed E-state index contributed by atoms with van der Waals surface area (Å²) in [6.07, 6.45) is 0.889. The second-order valence-corrected chi connectivity index (χ2v) is 4.52. The van der Waals surface area contributed by atoms with Crippen LogP contribution < -0.4 is 11.1 Å². The molecule has 0 saturated carbocycles. The van der Waals surface area contributed by atoms with Crippen LogP contribution in [0.4, 0.5) is 5.69 Å². The highest BCUT2D eigenvalue weighted by Crippen LogP contribution is 2.23. The molecule has 3 N–H and O–H groups in total. The lowest BCUT2D eigenvalue weighted by molar-refractivity contribution is 0.0599. The smallest absolute Gasteiger partial charge is 0.338 e. The summed E-state index contributed by atoms with van der Waals surface area (Å²) in [5, 5.41) is 3.18. The molecule has 0 spiro atoms. The summed E-state index contributed by atoms with van der Waals surface area (Å²) in [4.78, 5) is 23.1. The van der Waals surface area contributed by atoms with Crippen LogP contribution in [0.15, 0.2) is 12.1 Å². The van der Waals surface area contributed by atoms with Gasteiger partial charge >= 0.3 is 5.97 Å². The van der Waals surface area contributed by atoms with Crippen molar-refractivity contribution in [2.45, 2.75) is 33.2 Å². The summed E-state index contributed by atoms with van der Waals surface area (Å²) >= 11 is 0. The number of carbonyl (C=O) groups excluding carboxylic acids is 2. The second-order valence-electron chi connectivity index (χ2n) is 4.52. The molecule has 0 radical (unpaired) electrons. The number of hydrogen-bond acceptors (Lipinski definition) is 4. The molecule has 19 heavy (non-hydrogen) atoms. The van der Waals surface area contributed by atoms with Crippen LogP contribution in [0.3, 0.4) is 0 Å². The first-order valence-corrected chi connectivity index (χ1v) is 6.20. The number of carbonyl (C=O) groups is 2. The fourth-order valence-corrected chi connectivity index (χ4v) is 1.73. The molecule has 1 amide bonds. The van der Waals surface area contributed by atoms with Crippen molar-refractivity contribution in [1.82, 2.24) is 0 Å². The first-order valence-electron chi connectivity index (χ1n) is 6.20. The summed E-state index contributed by atoms with van der Waals surface area (Å²) in [6, 6.07) is 3.40. The number of rotatable bonds is 5. The van der Waals surface area contributed by atoms with E-state index in [4.69, 9.17) is 10.5 Å². The Balaban J connectivity index is 3.31. The van der Waals surface area contributed by atoms with Crippen LogP contribution in [0.1, 0.15) is 46.5 Å². The van der Waals surface area contributed by atoms with Crippen LogP contribution in [0, 0.1) is 6.92 Å². The lowest BCUT2D eigenvalue weighted by atomic mass is 10.0. The van der Waals surface area contributed by atoms with Crippen LogP contribution in [-0.2, 0) is 4.74 Å². The second kappa shape index (κ2) is 6.22. The average Bonchev–Trinajstić information content (AvgIpc) is 2.38. The number of benzene rings is 1. The van der Waals surface area contributed by atoms with Gasteiger partial charge in [0.2, 0.25) is 0 Å². The molecular formula is C14H20N2O3. The number of aryl methyl sites for hydroxylation is 1. The summed E-state index contributed by atoms with van der Waals surface area (Å²) in [6.45, 7) is 5.76. The zero-order chi connectivity index (χ0) is 14.6. The minimum absolute atomic E-state index is 0.173. The molecule has 0 aromatic heterocycles. The third kappa shape index (κ3) is 3.47. The Morgan fingerprint density at radius 2 is 2.00 bits per heavy atom. The highest BCUT2D eigenvalue weighted by molar-refractivity contribution is 6.01. The molecule has 104 valence electrons. The van der Waals surface area contributed by atoms with Crippen molar-refractivity contribution >= 4 is 17.6 Å². The van der Waals surface area contributed by atoms with E-state index in [1.165, 1.54) is 7.11 Å². The minimum Gasteiger partial charge on any atom is -0.465 e. The molecule has 0 aliphatic rings. The fraction of sp³-hybridized carbons (Fsp3) is 0.429. The van der Waals surface area contributed by atoms with Gasteiger partial charge in [-0.25, -0.2) is 4.79 Å². The molecule has 5 nitrogen and oxygen atoms in total. The van der Waals surface area contributed by atoms with E-state index in [1.807, 2.05) is 13.8 Å². The SMILES string of the molecule is CCC(C)Nc1cc(C(=O)OC)c(C)cc1C(N)=O. The van der Waals surface area contributed by atoms with Gasteiger partial charge in [-0.2, -0.15) is 0 Å². The molecule has 1 unspecified atom stereocenters. The van der Waals surface area contributed by atoms with Gasteiger partial charge in [0, 0.05) is 11.7 Å². The van der Waals surface area contributed by atoms with Crippen LogP contribution in [0.2, 0.25) is 0 Å². The van der Waals surface area contributed by atoms with E-state index in [0.717, 1.165) is 6.42 Å². The monoisotopic (exact) mass is 264 g/mol. The molecule has 0 bridgehead atoms. The minimum atomic E-state index is -0.523. The van der Waals surface area contributed by atoms with E-state index in [9.17, 15) is 9.59 Å². The van der Waals surface area contributed by atoms with Crippen LogP contribution >= 0.6 is 0 Å². The number of ether oxygens (including phenoxy) is 1. The van der Waals surface area contributed by atoms with E-state index in [1.54, 1.807) is 19.1 Å². The van der Waals surface area contributed by atoms with E-state index < -0.39 is 11.9 Å². The third-order valence-corrected chi connectivity index (χ3v) is 3.05. The lowest BCUT2D eigenvalue weighted by Gasteiger charge is -2.17. The van der Waals surface area contributed by atoms with Crippen molar-refractivity contribution in [1.29, 1.82) is 0 Å². The number of nitrogens with two attached hydrogens (primary N) is 1. The van der Waals surface area contributed by atoms with E-state index >= 15 is 0 Å². The number of hydrogen-bond donors (Lipinski definition) is 2. The predicted octanol–water partition coefficient (Wildman–Crippen LogP) is 2.09. The van der Waals surface area contributed by atoms with Crippen molar-refractivity contribution in [2.24, 2.45) is 5.73 Å². The molecular weight excluding hydrogens is 244 g/mol. The Bertz CT molecular complexity index is 498. The largest absolute Gasteiger partial charge is 0.465 e. The molecule has 0 aliphatic carbocycles. The van der Waals surface area contributed by atoms with Gasteiger partial charge in [-0.05, 0) is 38.0 Å². The highest BCUT2D eigenvalue weighted by atomic mass is 16.5. The van der Waals surface area contributed by atoms with Crippen LogP contribution in [0.25, 0.3) is 0 Å². The van der Waals surface area contributed by atoms with Crippen molar-refractivity contribution in [2.75, 3.05) is 12.4 Å². The number of nitrogens with one attached hydrogen (secondary N) is 1. The Hall–Kier alpha value is -2.04. The number of primary amides is 1. The Morgan fingerprint density at radius 3 is 2.47 bits per heavy atom. The van der Waals surface area contributed by atoms with Gasteiger partial charge in [0.25, 0.3) is 5.91 Å². The molecule has 0 aliphatic heterocycles. The molecule has 1 aromatic rings. The number of amides is 1. The first-order chi connectivity index (χ1) is 8.90. The van der Waals surface area contributed by atoms with Crippen molar-refractivity contribution in [3.63, 3.8) is 0 Å². The highest BCUT2D eigenvalue weighted by Gasteiger charge is 2.17. The van der Waals surface area contributed by atoms with E-state index in [2.05, 4.69) is 5.32 Å². The summed E-state index contributed by atoms with van der Waals surface area (Å²) in [5.41, 5.74) is 7.40. The van der Waals surface area contributed by atoms with Gasteiger partial charge in [-0.15, -0.1) is 0 Å². The van der Waals surface area contributed by atoms with Gasteiger partial charge in [0.05, 0.1) is 18.2 Å². The standard InChI is InChI=1S/C14H20N2O3/c1-5-9(3)16-12-7-10(14(18)19-4)8(2)6-11(12)13(15)17/h6-7,9,16H,5H2,1-4H3,(H2,15,17). The summed E-state index contributed by atoms with van der Waals surface area (Å²) in [7, 11) is 1.32. The van der Waals surface area contributed by atoms with Crippen molar-refractivity contribution in [3.05, 3.63) is 28.8 Å². The topological polar surface area (TPSA) is 81.4 Å². The number of esters is 1. The van der Waals surface area contributed by atoms with Crippen LogP contribution in [0.5, 0.6) is 0 Å². The third-order valence-electron chi connectivity index (χ3n) is 3.05. The Kier molecular flexibility index (Phi) is 4.92. The molecule has 1 rings (SSSR count). The quantitative estimate of drug-likeness (QED) is 0.798. The maximum atomic E-state index is 11.7. The van der Waals surface area contributed by atoms with Gasteiger partial charge < -0.3 is 15.8 Å². The average molecular weight is 264 g/mol. The van der Waals surface area contributed by atoms with E-state index in [0.29, 0.717) is 22.4 Å². The normalized spacial score (nSPS) is 11.8. The predicted molar refractivity (Wildman–Crippen MR) is 74.4 cm³/mol. The summed E-state index contributed by atoms with van der Waals surface area (Å²) < 4.78 is 4.72. The summed E-state index contributed by atoms with van der Waals surface area (Å²) in [5.74, 6) is -0.953. The first kappa shape index (κ1) is 15.0. The van der Waals surface area contributed by atoms with Crippen molar-refractivity contribution in [3.8, 4) is 0 Å². The molecule has 0 heterocycles. The van der Waals surface area contributed by atoms with Crippen molar-refractivity contribution < 1.29 is 14.3 Å². The maximum absolute atomic E-state index is 11.7. The number of anilines is 1. The number of methoxy groups -OCH3 is 1. The Labute approximate surface area is 113 Å². The van der Waals surface area contributed by atoms with Gasteiger partial charge in [0.1, 0.15) is 0 Å². The Morgan fingerprint density at radius 1 is 1.37 bits per heavy atom. The van der Waals surface area contributed by atoms with Crippen LogP contribution in [-0.4, -0.2) is 25.0 Å². The van der Waals surface area contributed by atoms with Gasteiger partial charge in [0.15, 0.2) is 0 Å². The maximum Gasteiger partial charge on any atom is 0.338 e. The fourth-order valence-electron chi connectivity index (χ4n) is 1.73. The molecule has 5 heteroatoms. The molecule has 0 fully saturated rings. The van der Waals surface area contributed by atoms with Gasteiger partial charge in [-0.1, -0.05) is 6.92 Å². The zero-order valence-corrected chi connectivity index (χ0v) is 11.7. The lowest BCUT2D eigenvalue weighted by Crippen LogP contribution is -2.20. The molecule has 1 aromatic carbocycles.